The first kappa shape index (κ1) is 21.8. The summed E-state index contributed by atoms with van der Waals surface area (Å²) in [6, 6.07) is 0. The van der Waals surface area contributed by atoms with Crippen LogP contribution in [-0.2, 0) is 19.1 Å². The summed E-state index contributed by atoms with van der Waals surface area (Å²) in [6.45, 7) is 20.3. The summed E-state index contributed by atoms with van der Waals surface area (Å²) < 4.78 is 12.6. The normalized spacial score (nSPS) is 52.5. The van der Waals surface area contributed by atoms with Crippen LogP contribution in [0, 0.1) is 33.5 Å². The molecule has 28 heavy (non-hydrogen) atoms. The number of carbonyl (C=O) groups excluding carboxylic acids is 1. The molecule has 5 heteroatoms. The fraction of sp³-hybridized carbons (Fsp3) is 0.913. The summed E-state index contributed by atoms with van der Waals surface area (Å²) >= 11 is 0. The second-order valence-electron chi connectivity index (χ2n) is 11.5. The highest BCUT2D eigenvalue weighted by Crippen LogP contribution is 2.74. The predicted molar refractivity (Wildman–Crippen MR) is 107 cm³/mol. The molecule has 3 fully saturated rings. The van der Waals surface area contributed by atoms with E-state index in [1.54, 1.807) is 20.8 Å². The second kappa shape index (κ2) is 5.60. The van der Waals surface area contributed by atoms with E-state index in [2.05, 4.69) is 34.6 Å². The van der Waals surface area contributed by atoms with Crippen molar-refractivity contribution in [3.05, 3.63) is 0 Å². The fourth-order valence-corrected chi connectivity index (χ4v) is 7.25. The van der Waals surface area contributed by atoms with Crippen LogP contribution in [-0.4, -0.2) is 34.4 Å². The van der Waals surface area contributed by atoms with Crippen LogP contribution in [0.3, 0.4) is 0 Å². The zero-order valence-electron chi connectivity index (χ0n) is 19.2. The van der Waals surface area contributed by atoms with Crippen LogP contribution in [0.15, 0.2) is 0 Å². The summed E-state index contributed by atoms with van der Waals surface area (Å²) in [6.07, 6.45) is 0.929. The van der Waals surface area contributed by atoms with E-state index in [0.717, 1.165) is 0 Å². The molecule has 2 saturated carbocycles. The number of carboxylic acids is 1. The molecule has 160 valence electrons. The summed E-state index contributed by atoms with van der Waals surface area (Å²) in [5.74, 6) is -1.92. The van der Waals surface area contributed by atoms with Crippen molar-refractivity contribution >= 4 is 11.8 Å². The number of aliphatic carboxylic acids is 1. The summed E-state index contributed by atoms with van der Waals surface area (Å²) in [7, 11) is 0. The Kier molecular flexibility index (Phi) is 4.35. The number of Topliss-reactive ketones (excluding diaryl/α,β-unsaturated/α-hetero) is 1. The zero-order valence-corrected chi connectivity index (χ0v) is 19.2. The van der Waals surface area contributed by atoms with Crippen LogP contribution < -0.4 is 0 Å². The summed E-state index contributed by atoms with van der Waals surface area (Å²) in [5.41, 5.74) is -3.05. The first-order valence-electron chi connectivity index (χ1n) is 10.5. The van der Waals surface area contributed by atoms with E-state index in [1.165, 1.54) is 0 Å². The Balaban J connectivity index is 2.34. The van der Waals surface area contributed by atoms with E-state index in [1.807, 2.05) is 13.8 Å². The molecule has 1 heterocycles. The van der Waals surface area contributed by atoms with E-state index < -0.39 is 22.8 Å². The monoisotopic (exact) mass is 394 g/mol. The van der Waals surface area contributed by atoms with Gasteiger partial charge in [-0.05, 0) is 49.4 Å². The van der Waals surface area contributed by atoms with Crippen molar-refractivity contribution < 1.29 is 24.2 Å². The molecular formula is C23H38O5. The largest absolute Gasteiger partial charge is 0.479 e. The average Bonchev–Trinajstić information content (AvgIpc) is 2.70. The highest BCUT2D eigenvalue weighted by Gasteiger charge is 2.76. The van der Waals surface area contributed by atoms with Crippen molar-refractivity contribution in [1.82, 2.24) is 0 Å². The summed E-state index contributed by atoms with van der Waals surface area (Å²) in [5, 5.41) is 10.3. The third-order valence-electron chi connectivity index (χ3n) is 10.1. The Morgan fingerprint density at radius 2 is 1.54 bits per heavy atom. The number of carbonyl (C=O) groups is 2. The molecule has 0 bridgehead atoms. The first-order valence-corrected chi connectivity index (χ1v) is 10.5. The maximum absolute atomic E-state index is 13.0. The second-order valence-corrected chi connectivity index (χ2v) is 11.5. The highest BCUT2D eigenvalue weighted by molar-refractivity contribution is 5.86. The fourth-order valence-electron chi connectivity index (χ4n) is 7.25. The van der Waals surface area contributed by atoms with Gasteiger partial charge in [0.15, 0.2) is 11.4 Å². The SMILES string of the molecule is CC1C(=O)CC2(C)C(C)(C)C[C@@H]3OC(C)(C)O[C@](C)(C(=O)O)C3(C)C(C)C12C. The highest BCUT2D eigenvalue weighted by atomic mass is 16.7. The third-order valence-corrected chi connectivity index (χ3v) is 10.1. The Labute approximate surface area is 169 Å². The molecule has 1 N–H and O–H groups in total. The van der Waals surface area contributed by atoms with Gasteiger partial charge in [-0.15, -0.1) is 0 Å². The lowest BCUT2D eigenvalue weighted by Crippen LogP contribution is -2.70. The van der Waals surface area contributed by atoms with E-state index in [9.17, 15) is 14.7 Å². The number of ether oxygens (including phenoxy) is 2. The van der Waals surface area contributed by atoms with Crippen LogP contribution in [0.4, 0.5) is 0 Å². The molecule has 5 unspecified atom stereocenters. The third kappa shape index (κ3) is 2.21. The summed E-state index contributed by atoms with van der Waals surface area (Å²) in [4.78, 5) is 25.6. The van der Waals surface area contributed by atoms with Crippen molar-refractivity contribution in [3.8, 4) is 0 Å². The minimum Gasteiger partial charge on any atom is -0.479 e. The van der Waals surface area contributed by atoms with E-state index in [-0.39, 0.29) is 40.0 Å². The molecule has 0 radical (unpaired) electrons. The lowest BCUT2D eigenvalue weighted by Gasteiger charge is -2.61. The van der Waals surface area contributed by atoms with Gasteiger partial charge in [0.25, 0.3) is 0 Å². The molecule has 5 nitrogen and oxygen atoms in total. The van der Waals surface area contributed by atoms with Crippen molar-refractivity contribution in [2.45, 2.75) is 99.6 Å². The molecule has 0 aromatic heterocycles. The van der Waals surface area contributed by atoms with Crippen LogP contribution in [0.5, 0.6) is 0 Å². The van der Waals surface area contributed by atoms with Gasteiger partial charge in [0.1, 0.15) is 5.78 Å². The minimum atomic E-state index is -1.42. The van der Waals surface area contributed by atoms with Gasteiger partial charge in [-0.2, -0.15) is 0 Å². The number of carboxylic acid groups (broad SMARTS) is 1. The smallest absolute Gasteiger partial charge is 0.336 e. The Morgan fingerprint density at radius 3 is 2.04 bits per heavy atom. The van der Waals surface area contributed by atoms with E-state index >= 15 is 0 Å². The van der Waals surface area contributed by atoms with Crippen molar-refractivity contribution in [2.24, 2.45) is 33.5 Å². The van der Waals surface area contributed by atoms with Gasteiger partial charge >= 0.3 is 5.97 Å². The van der Waals surface area contributed by atoms with Crippen LogP contribution in [0.2, 0.25) is 0 Å². The Morgan fingerprint density at radius 1 is 1.00 bits per heavy atom. The first-order chi connectivity index (χ1) is 12.4. The van der Waals surface area contributed by atoms with Gasteiger partial charge in [-0.25, -0.2) is 4.79 Å². The van der Waals surface area contributed by atoms with Gasteiger partial charge in [0.2, 0.25) is 0 Å². The topological polar surface area (TPSA) is 72.8 Å². The standard InChI is InChI=1S/C23H38O5/c1-13-15(24)11-20(7)18(3,4)12-16-22(9,14(2)21(13,20)8)23(10,17(25)26)28-19(5,6)27-16/h13-14,16H,11-12H2,1-10H3,(H,25,26)/t13?,14?,16-,20?,21?,22?,23+/m0/s1. The lowest BCUT2D eigenvalue weighted by molar-refractivity contribution is -0.383. The van der Waals surface area contributed by atoms with Gasteiger partial charge in [-0.3, -0.25) is 4.79 Å². The molecular weight excluding hydrogens is 356 g/mol. The number of rotatable bonds is 1. The number of hydrogen-bond acceptors (Lipinski definition) is 4. The molecule has 0 spiro atoms. The van der Waals surface area contributed by atoms with Crippen molar-refractivity contribution in [3.63, 3.8) is 0 Å². The van der Waals surface area contributed by atoms with Crippen LogP contribution in [0.1, 0.15) is 82.1 Å². The molecule has 3 rings (SSSR count). The van der Waals surface area contributed by atoms with E-state index in [4.69, 9.17) is 9.47 Å². The van der Waals surface area contributed by atoms with Crippen molar-refractivity contribution in [2.75, 3.05) is 0 Å². The molecule has 7 atom stereocenters. The molecule has 0 amide bonds. The van der Waals surface area contributed by atoms with Gasteiger partial charge in [0, 0.05) is 17.8 Å². The van der Waals surface area contributed by atoms with E-state index in [0.29, 0.717) is 12.8 Å². The van der Waals surface area contributed by atoms with Crippen molar-refractivity contribution in [1.29, 1.82) is 0 Å². The van der Waals surface area contributed by atoms with Gasteiger partial charge in [0.05, 0.1) is 6.10 Å². The molecule has 0 aromatic rings. The Hall–Kier alpha value is -0.940. The average molecular weight is 395 g/mol. The number of fused-ring (bicyclic) bond motifs is 2. The quantitative estimate of drug-likeness (QED) is 0.699. The molecule has 1 saturated heterocycles. The van der Waals surface area contributed by atoms with Crippen LogP contribution >= 0.6 is 0 Å². The molecule has 0 aromatic carbocycles. The van der Waals surface area contributed by atoms with Crippen LogP contribution in [0.25, 0.3) is 0 Å². The van der Waals surface area contributed by atoms with Gasteiger partial charge in [-0.1, -0.05) is 48.5 Å². The predicted octanol–water partition coefficient (Wildman–Crippen LogP) is 4.68. The maximum Gasteiger partial charge on any atom is 0.336 e. The Bertz CT molecular complexity index is 727. The number of hydrogen-bond donors (Lipinski definition) is 1. The zero-order chi connectivity index (χ0) is 21.7. The number of ketones is 1. The molecule has 3 aliphatic rings. The molecule has 1 aliphatic heterocycles. The lowest BCUT2D eigenvalue weighted by atomic mass is 9.47. The van der Waals surface area contributed by atoms with Gasteiger partial charge < -0.3 is 14.6 Å². The minimum absolute atomic E-state index is 0.101. The molecule has 2 aliphatic carbocycles. The maximum atomic E-state index is 13.0.